The summed E-state index contributed by atoms with van der Waals surface area (Å²) in [6.07, 6.45) is 7.28. The molecule has 2 aromatic heterocycles. The first-order valence-electron chi connectivity index (χ1n) is 11.3. The quantitative estimate of drug-likeness (QED) is 0.603. The van der Waals surface area contributed by atoms with Gasteiger partial charge in [-0.2, -0.15) is 0 Å². The molecule has 0 unspecified atom stereocenters. The number of fused-ring (bicyclic) bond motifs is 1. The van der Waals surface area contributed by atoms with E-state index in [1.807, 2.05) is 25.3 Å². The van der Waals surface area contributed by atoms with E-state index in [4.69, 9.17) is 4.74 Å². The van der Waals surface area contributed by atoms with E-state index in [0.717, 1.165) is 17.4 Å². The van der Waals surface area contributed by atoms with Crippen molar-refractivity contribution < 1.29 is 9.53 Å². The molecule has 1 aliphatic heterocycles. The smallest absolute Gasteiger partial charge is 0.275 e. The highest BCUT2D eigenvalue weighted by molar-refractivity contribution is 5.93. The Morgan fingerprint density at radius 2 is 1.91 bits per heavy atom. The van der Waals surface area contributed by atoms with Crippen molar-refractivity contribution in [1.29, 1.82) is 0 Å². The third-order valence-electron chi connectivity index (χ3n) is 7.36. The Morgan fingerprint density at radius 3 is 2.62 bits per heavy atom. The van der Waals surface area contributed by atoms with Gasteiger partial charge in [-0.05, 0) is 55.7 Å². The molecule has 0 N–H and O–H groups in total. The molecule has 0 radical (unpaired) electrons. The number of para-hydroxylation sites is 1. The fourth-order valence-electron chi connectivity index (χ4n) is 5.53. The van der Waals surface area contributed by atoms with E-state index >= 15 is 0 Å². The van der Waals surface area contributed by atoms with Gasteiger partial charge in [0, 0.05) is 24.8 Å². The van der Waals surface area contributed by atoms with Gasteiger partial charge in [-0.1, -0.05) is 18.2 Å². The van der Waals surface area contributed by atoms with Gasteiger partial charge < -0.3 is 18.8 Å². The average Bonchev–Trinajstić information content (AvgIpc) is 3.15. The van der Waals surface area contributed by atoms with Gasteiger partial charge in [-0.15, -0.1) is 0 Å². The molecule has 7 heteroatoms. The summed E-state index contributed by atoms with van der Waals surface area (Å²) in [5.74, 6) is 1.74. The molecule has 3 aromatic rings. The van der Waals surface area contributed by atoms with Gasteiger partial charge in [0.2, 0.25) is 0 Å². The molecular weight excluding hydrogens is 404 g/mol. The molecule has 3 heterocycles. The molecule has 3 aliphatic carbocycles. The number of hydrogen-bond acceptors (Lipinski definition) is 4. The van der Waals surface area contributed by atoms with Gasteiger partial charge in [0.1, 0.15) is 23.7 Å². The van der Waals surface area contributed by atoms with E-state index in [1.54, 1.807) is 32.5 Å². The maximum atomic E-state index is 13.0. The summed E-state index contributed by atoms with van der Waals surface area (Å²) in [4.78, 5) is 32.0. The van der Waals surface area contributed by atoms with Gasteiger partial charge in [-0.3, -0.25) is 9.59 Å². The maximum absolute atomic E-state index is 13.0. The Hall–Kier alpha value is -3.35. The van der Waals surface area contributed by atoms with Crippen molar-refractivity contribution >= 4 is 5.91 Å². The summed E-state index contributed by atoms with van der Waals surface area (Å²) in [6, 6.07) is 11.8. The lowest BCUT2D eigenvalue weighted by Crippen LogP contribution is -2.55. The first kappa shape index (κ1) is 19.3. The average molecular weight is 431 g/mol. The van der Waals surface area contributed by atoms with Crippen molar-refractivity contribution in [1.82, 2.24) is 19.0 Å². The van der Waals surface area contributed by atoms with E-state index in [1.165, 1.54) is 24.8 Å². The van der Waals surface area contributed by atoms with Crippen molar-refractivity contribution in [2.24, 2.45) is 5.92 Å². The summed E-state index contributed by atoms with van der Waals surface area (Å²) >= 11 is 0. The summed E-state index contributed by atoms with van der Waals surface area (Å²) in [7, 11) is 0. The highest BCUT2D eigenvalue weighted by Gasteiger charge is 2.58. The summed E-state index contributed by atoms with van der Waals surface area (Å²) in [6.45, 7) is 3.79. The molecule has 3 fully saturated rings. The normalized spacial score (nSPS) is 23.3. The number of amides is 1. The molecule has 0 atom stereocenters. The highest BCUT2D eigenvalue weighted by Crippen LogP contribution is 2.66. The Labute approximate surface area is 186 Å². The minimum atomic E-state index is -0.170. The topological polar surface area (TPSA) is 69.4 Å². The number of pyridine rings is 1. The molecule has 7 nitrogen and oxygen atoms in total. The van der Waals surface area contributed by atoms with Crippen LogP contribution in [0.4, 0.5) is 0 Å². The van der Waals surface area contributed by atoms with Gasteiger partial charge >= 0.3 is 0 Å². The number of carbonyl (C=O) groups excluding carboxylic acids is 1. The van der Waals surface area contributed by atoms with Crippen LogP contribution in [0.15, 0.2) is 53.7 Å². The third-order valence-corrected chi connectivity index (χ3v) is 7.36. The van der Waals surface area contributed by atoms with Crippen LogP contribution in [0.1, 0.15) is 41.0 Å². The molecule has 0 spiro atoms. The number of benzene rings is 1. The Kier molecular flexibility index (Phi) is 4.28. The second kappa shape index (κ2) is 7.08. The van der Waals surface area contributed by atoms with Crippen LogP contribution >= 0.6 is 0 Å². The minimum absolute atomic E-state index is 0.127. The van der Waals surface area contributed by atoms with Crippen LogP contribution in [0.25, 0.3) is 5.69 Å². The molecule has 7 rings (SSSR count). The monoisotopic (exact) mass is 430 g/mol. The molecule has 32 heavy (non-hydrogen) atoms. The number of hydrogen-bond donors (Lipinski definition) is 0. The van der Waals surface area contributed by atoms with Crippen molar-refractivity contribution in [2.45, 2.75) is 38.1 Å². The largest absolute Gasteiger partial charge is 0.491 e. The first-order chi connectivity index (χ1) is 15.5. The number of rotatable bonds is 6. The fraction of sp³-hybridized carbons (Fsp3) is 0.400. The summed E-state index contributed by atoms with van der Waals surface area (Å²) < 4.78 is 9.43. The van der Waals surface area contributed by atoms with E-state index < -0.39 is 0 Å². The molecule has 1 aromatic carbocycles. The third kappa shape index (κ3) is 2.91. The lowest BCUT2D eigenvalue weighted by Gasteiger charge is -2.62. The van der Waals surface area contributed by atoms with Crippen LogP contribution in [0.3, 0.4) is 0 Å². The lowest BCUT2D eigenvalue weighted by molar-refractivity contribution is -0.0294. The van der Waals surface area contributed by atoms with Crippen LogP contribution in [0.2, 0.25) is 0 Å². The van der Waals surface area contributed by atoms with Crippen LogP contribution in [0.5, 0.6) is 5.75 Å². The van der Waals surface area contributed by atoms with E-state index in [9.17, 15) is 9.59 Å². The zero-order valence-corrected chi connectivity index (χ0v) is 18.2. The van der Waals surface area contributed by atoms with E-state index in [0.29, 0.717) is 43.0 Å². The van der Waals surface area contributed by atoms with Crippen LogP contribution < -0.4 is 10.3 Å². The zero-order valence-electron chi connectivity index (χ0n) is 18.2. The molecule has 1 amide bonds. The number of carbonyl (C=O) groups is 1. The Bertz CT molecular complexity index is 1260. The number of aromatic nitrogens is 3. The highest BCUT2D eigenvalue weighted by atomic mass is 16.5. The van der Waals surface area contributed by atoms with E-state index in [-0.39, 0.29) is 11.5 Å². The van der Waals surface area contributed by atoms with Gasteiger partial charge in [0.05, 0.1) is 18.6 Å². The van der Waals surface area contributed by atoms with Gasteiger partial charge in [-0.25, -0.2) is 4.98 Å². The predicted molar refractivity (Wildman–Crippen MR) is 119 cm³/mol. The second-order valence-corrected chi connectivity index (χ2v) is 9.38. The number of imidazole rings is 1. The summed E-state index contributed by atoms with van der Waals surface area (Å²) in [5.41, 5.74) is 3.27. The zero-order chi connectivity index (χ0) is 21.9. The van der Waals surface area contributed by atoms with Crippen molar-refractivity contribution in [2.75, 3.05) is 19.7 Å². The van der Waals surface area contributed by atoms with Crippen LogP contribution in [-0.4, -0.2) is 44.6 Å². The summed E-state index contributed by atoms with van der Waals surface area (Å²) in [5, 5.41) is 0. The molecular formula is C25H26N4O3. The molecule has 164 valence electrons. The van der Waals surface area contributed by atoms with Crippen molar-refractivity contribution in [3.05, 3.63) is 76.2 Å². The van der Waals surface area contributed by atoms with Gasteiger partial charge in [0.15, 0.2) is 0 Å². The minimum Gasteiger partial charge on any atom is -0.491 e. The Morgan fingerprint density at radius 1 is 1.09 bits per heavy atom. The Balaban J connectivity index is 1.15. The first-order valence-corrected chi connectivity index (χ1v) is 11.3. The van der Waals surface area contributed by atoms with Crippen LogP contribution in [0, 0.1) is 12.8 Å². The number of nitrogens with zero attached hydrogens (tertiary/aromatic N) is 4. The second-order valence-electron chi connectivity index (χ2n) is 9.38. The molecule has 3 saturated carbocycles. The predicted octanol–water partition coefficient (Wildman–Crippen LogP) is 2.93. The van der Waals surface area contributed by atoms with Crippen LogP contribution in [-0.2, 0) is 12.0 Å². The fourth-order valence-corrected chi connectivity index (χ4v) is 5.53. The van der Waals surface area contributed by atoms with Crippen molar-refractivity contribution in [3.8, 4) is 11.4 Å². The standard InChI is InChI=1S/C25H26N4O3/c1-17-15-28(16-26-17)20-6-7-21-23(30)27(8-9-29(21)24(20)31)10-11-32-22-5-3-2-4-19(22)25-12-18(13-25)14-25/h2-7,15-16,18H,8-14H2,1H3. The number of ether oxygens (including phenoxy) is 1. The number of aryl methyl sites for hydroxylation is 1. The molecule has 2 bridgehead atoms. The maximum Gasteiger partial charge on any atom is 0.275 e. The van der Waals surface area contributed by atoms with Gasteiger partial charge in [0.25, 0.3) is 11.5 Å². The molecule has 4 aliphatic rings. The SMILES string of the molecule is Cc1cn(-c2ccc3n(c2=O)CCN(CCOc2ccccc2C24CC(C2)C4)C3=O)cn1. The van der Waals surface area contributed by atoms with E-state index in [2.05, 4.69) is 17.1 Å². The lowest BCUT2D eigenvalue weighted by atomic mass is 9.42. The van der Waals surface area contributed by atoms with Crippen molar-refractivity contribution in [3.63, 3.8) is 0 Å². The molecule has 0 saturated heterocycles.